The summed E-state index contributed by atoms with van der Waals surface area (Å²) in [4.78, 5) is 4.17. The highest BCUT2D eigenvalue weighted by Crippen LogP contribution is 2.29. The molecule has 1 aromatic heterocycles. The van der Waals surface area contributed by atoms with E-state index in [9.17, 15) is 0 Å². The van der Waals surface area contributed by atoms with Gasteiger partial charge in [-0.1, -0.05) is 19.3 Å². The Labute approximate surface area is 90.7 Å². The molecule has 82 valence electrons. The number of rotatable bonds is 4. The normalized spacial score (nSPS) is 16.1. The van der Waals surface area contributed by atoms with Crippen LogP contribution in [0.2, 0.25) is 0 Å². The van der Waals surface area contributed by atoms with E-state index in [1.165, 1.54) is 19.3 Å². The van der Waals surface area contributed by atoms with E-state index in [4.69, 9.17) is 10.5 Å². The third-order valence-electron chi connectivity index (χ3n) is 3.04. The second-order valence-electron chi connectivity index (χ2n) is 4.32. The molecule has 1 aliphatic rings. The van der Waals surface area contributed by atoms with Crippen LogP contribution in [-0.2, 0) is 0 Å². The number of nitrogens with zero attached hydrogens (tertiary/aromatic N) is 1. The topological polar surface area (TPSA) is 48.1 Å². The van der Waals surface area contributed by atoms with Crippen molar-refractivity contribution in [1.29, 1.82) is 0 Å². The van der Waals surface area contributed by atoms with E-state index in [1.807, 2.05) is 13.0 Å². The first-order valence-electron chi connectivity index (χ1n) is 5.60. The summed E-state index contributed by atoms with van der Waals surface area (Å²) in [5.41, 5.74) is 7.33. The summed E-state index contributed by atoms with van der Waals surface area (Å²) in [5, 5.41) is 0. The predicted octanol–water partition coefficient (Wildman–Crippen LogP) is 2.54. The average molecular weight is 206 g/mol. The number of hydrogen-bond donors (Lipinski definition) is 1. The van der Waals surface area contributed by atoms with Crippen molar-refractivity contribution in [2.24, 2.45) is 5.92 Å². The Hall–Kier alpha value is -1.25. The van der Waals surface area contributed by atoms with Crippen LogP contribution in [0.5, 0.6) is 5.88 Å². The maximum absolute atomic E-state index is 5.63. The molecule has 1 aliphatic carbocycles. The van der Waals surface area contributed by atoms with Crippen LogP contribution < -0.4 is 10.5 Å². The minimum atomic E-state index is 0.693. The third kappa shape index (κ3) is 2.61. The van der Waals surface area contributed by atoms with Crippen LogP contribution in [0.25, 0.3) is 0 Å². The fraction of sp³-hybridized carbons (Fsp3) is 0.583. The van der Waals surface area contributed by atoms with Crippen molar-refractivity contribution in [1.82, 2.24) is 4.98 Å². The molecule has 0 atom stereocenters. The van der Waals surface area contributed by atoms with Gasteiger partial charge in [-0.15, -0.1) is 0 Å². The molecular weight excluding hydrogens is 188 g/mol. The minimum Gasteiger partial charge on any atom is -0.477 e. The molecule has 0 spiro atoms. The van der Waals surface area contributed by atoms with Crippen LogP contribution in [0.15, 0.2) is 12.3 Å². The summed E-state index contributed by atoms with van der Waals surface area (Å²) in [6.45, 7) is 2.75. The smallest absolute Gasteiger partial charge is 0.216 e. The van der Waals surface area contributed by atoms with Gasteiger partial charge < -0.3 is 10.5 Å². The quantitative estimate of drug-likeness (QED) is 0.823. The van der Waals surface area contributed by atoms with E-state index in [1.54, 1.807) is 6.20 Å². The monoisotopic (exact) mass is 206 g/mol. The number of aryl methyl sites for hydroxylation is 1. The first kappa shape index (κ1) is 10.3. The lowest BCUT2D eigenvalue weighted by molar-refractivity contribution is 0.216. The van der Waals surface area contributed by atoms with Gasteiger partial charge in [-0.05, 0) is 25.3 Å². The van der Waals surface area contributed by atoms with Crippen molar-refractivity contribution in [3.05, 3.63) is 17.8 Å². The second-order valence-corrected chi connectivity index (χ2v) is 4.32. The van der Waals surface area contributed by atoms with Crippen LogP contribution in [0.3, 0.4) is 0 Å². The highest BCUT2D eigenvalue weighted by atomic mass is 16.5. The molecule has 1 aromatic rings. The molecular formula is C12H18N2O. The molecule has 1 saturated carbocycles. The molecule has 1 fully saturated rings. The van der Waals surface area contributed by atoms with E-state index >= 15 is 0 Å². The second kappa shape index (κ2) is 4.51. The Balaban J connectivity index is 1.81. The molecule has 0 unspecified atom stereocenters. The van der Waals surface area contributed by atoms with E-state index in [0.29, 0.717) is 5.69 Å². The molecule has 2 N–H and O–H groups in total. The van der Waals surface area contributed by atoms with E-state index in [2.05, 4.69) is 4.98 Å². The highest BCUT2D eigenvalue weighted by molar-refractivity contribution is 5.41. The Kier molecular flexibility index (Phi) is 3.09. The zero-order valence-electron chi connectivity index (χ0n) is 9.20. The number of anilines is 1. The van der Waals surface area contributed by atoms with Gasteiger partial charge in [-0.3, -0.25) is 0 Å². The number of ether oxygens (including phenoxy) is 1. The van der Waals surface area contributed by atoms with E-state index in [0.717, 1.165) is 30.4 Å². The Morgan fingerprint density at radius 1 is 1.53 bits per heavy atom. The largest absolute Gasteiger partial charge is 0.477 e. The van der Waals surface area contributed by atoms with Gasteiger partial charge in [0.05, 0.1) is 18.5 Å². The maximum atomic E-state index is 5.63. The molecule has 0 bridgehead atoms. The summed E-state index contributed by atoms with van der Waals surface area (Å²) in [6, 6.07) is 1.89. The molecule has 0 aliphatic heterocycles. The molecule has 0 aromatic carbocycles. The van der Waals surface area contributed by atoms with Crippen molar-refractivity contribution in [3.63, 3.8) is 0 Å². The van der Waals surface area contributed by atoms with Gasteiger partial charge in [0.1, 0.15) is 0 Å². The molecule has 0 radical (unpaired) electrons. The maximum Gasteiger partial charge on any atom is 0.216 e. The summed E-state index contributed by atoms with van der Waals surface area (Å²) in [6.07, 6.45) is 6.94. The number of pyridine rings is 1. The van der Waals surface area contributed by atoms with Crippen LogP contribution in [-0.4, -0.2) is 11.6 Å². The zero-order valence-corrected chi connectivity index (χ0v) is 9.20. The lowest BCUT2D eigenvalue weighted by atomic mass is 9.83. The average Bonchev–Trinajstić information content (AvgIpc) is 2.12. The van der Waals surface area contributed by atoms with Crippen LogP contribution in [0, 0.1) is 12.8 Å². The molecule has 15 heavy (non-hydrogen) atoms. The number of hydrogen-bond acceptors (Lipinski definition) is 3. The summed E-state index contributed by atoms with van der Waals surface area (Å²) >= 11 is 0. The van der Waals surface area contributed by atoms with Crippen molar-refractivity contribution in [2.75, 3.05) is 12.3 Å². The first-order chi connectivity index (χ1) is 7.25. The Morgan fingerprint density at radius 3 is 2.93 bits per heavy atom. The zero-order chi connectivity index (χ0) is 10.7. The van der Waals surface area contributed by atoms with Gasteiger partial charge in [0.2, 0.25) is 5.88 Å². The third-order valence-corrected chi connectivity index (χ3v) is 3.04. The minimum absolute atomic E-state index is 0.693. The molecule has 3 heteroatoms. The molecule has 0 saturated heterocycles. The lowest BCUT2D eigenvalue weighted by Gasteiger charge is -2.24. The fourth-order valence-electron chi connectivity index (χ4n) is 1.84. The van der Waals surface area contributed by atoms with Crippen molar-refractivity contribution in [3.8, 4) is 5.88 Å². The SMILES string of the molecule is Cc1cc(N)cnc1OCCC1CCC1. The first-order valence-corrected chi connectivity index (χ1v) is 5.60. The van der Waals surface area contributed by atoms with Crippen LogP contribution in [0.1, 0.15) is 31.2 Å². The summed E-state index contributed by atoms with van der Waals surface area (Å²) in [5.74, 6) is 1.61. The van der Waals surface area contributed by atoms with Gasteiger partial charge in [-0.25, -0.2) is 4.98 Å². The van der Waals surface area contributed by atoms with Gasteiger partial charge in [0.25, 0.3) is 0 Å². The van der Waals surface area contributed by atoms with Gasteiger partial charge in [0.15, 0.2) is 0 Å². The molecule has 3 nitrogen and oxygen atoms in total. The lowest BCUT2D eigenvalue weighted by Crippen LogP contribution is -2.15. The van der Waals surface area contributed by atoms with Gasteiger partial charge >= 0.3 is 0 Å². The predicted molar refractivity (Wildman–Crippen MR) is 60.8 cm³/mol. The standard InChI is InChI=1S/C12H18N2O/c1-9-7-11(13)8-14-12(9)15-6-5-10-3-2-4-10/h7-8,10H,2-6,13H2,1H3. The molecule has 0 amide bonds. The highest BCUT2D eigenvalue weighted by Gasteiger charge is 2.17. The van der Waals surface area contributed by atoms with E-state index < -0.39 is 0 Å². The number of nitrogens with two attached hydrogens (primary N) is 1. The van der Waals surface area contributed by atoms with Crippen LogP contribution >= 0.6 is 0 Å². The molecule has 2 rings (SSSR count). The fourth-order valence-corrected chi connectivity index (χ4v) is 1.84. The Morgan fingerprint density at radius 2 is 2.33 bits per heavy atom. The summed E-state index contributed by atoms with van der Waals surface area (Å²) < 4.78 is 5.63. The van der Waals surface area contributed by atoms with E-state index in [-0.39, 0.29) is 0 Å². The van der Waals surface area contributed by atoms with Crippen molar-refractivity contribution < 1.29 is 4.74 Å². The number of aromatic nitrogens is 1. The number of nitrogen functional groups attached to an aromatic ring is 1. The Bertz CT molecular complexity index is 334. The molecule has 1 heterocycles. The summed E-state index contributed by atoms with van der Waals surface area (Å²) in [7, 11) is 0. The van der Waals surface area contributed by atoms with Gasteiger partial charge in [-0.2, -0.15) is 0 Å². The van der Waals surface area contributed by atoms with Crippen LogP contribution in [0.4, 0.5) is 5.69 Å². The van der Waals surface area contributed by atoms with Crippen molar-refractivity contribution in [2.45, 2.75) is 32.6 Å². The van der Waals surface area contributed by atoms with Gasteiger partial charge in [0, 0.05) is 5.56 Å². The van der Waals surface area contributed by atoms with Crippen molar-refractivity contribution >= 4 is 5.69 Å².